The molecule has 0 radical (unpaired) electrons. The Bertz CT molecular complexity index is 436. The number of rotatable bonds is 3. The van der Waals surface area contributed by atoms with Crippen LogP contribution >= 0.6 is 12.4 Å². The number of carbonyl (C=O) groups excluding carboxylic acids is 1. The molecule has 1 aromatic rings. The maximum absolute atomic E-state index is 11.8. The van der Waals surface area contributed by atoms with Gasteiger partial charge in [0.15, 0.2) is 6.10 Å². The topological polar surface area (TPSA) is 82.8 Å². The number of nitrogens with one attached hydrogen (secondary N) is 1. The van der Waals surface area contributed by atoms with Gasteiger partial charge in [0.25, 0.3) is 5.91 Å². The van der Waals surface area contributed by atoms with E-state index in [2.05, 4.69) is 5.32 Å². The van der Waals surface area contributed by atoms with Crippen LogP contribution in [0.15, 0.2) is 18.2 Å². The molecule has 1 amide bonds. The van der Waals surface area contributed by atoms with E-state index < -0.39 is 6.10 Å². The van der Waals surface area contributed by atoms with E-state index in [1.807, 2.05) is 0 Å². The molecule has 0 aromatic heterocycles. The molecule has 1 unspecified atom stereocenters. The summed E-state index contributed by atoms with van der Waals surface area (Å²) < 4.78 is 15.5. The minimum absolute atomic E-state index is 0. The van der Waals surface area contributed by atoms with Gasteiger partial charge in [-0.2, -0.15) is 0 Å². The molecule has 0 spiro atoms. The molecule has 3 N–H and O–H groups in total. The normalized spacial score (nSPS) is 18.3. The van der Waals surface area contributed by atoms with Gasteiger partial charge in [-0.25, -0.2) is 0 Å². The second-order valence-electron chi connectivity index (χ2n) is 3.88. The maximum atomic E-state index is 11.8. The Morgan fingerprint density at radius 2 is 2.26 bits per heavy atom. The van der Waals surface area contributed by atoms with Gasteiger partial charge in [0.05, 0.1) is 32.6 Å². The third-order valence-electron chi connectivity index (χ3n) is 2.61. The first kappa shape index (κ1) is 15.6. The maximum Gasteiger partial charge on any atom is 0.255 e. The van der Waals surface area contributed by atoms with E-state index in [0.717, 1.165) is 0 Å². The summed E-state index contributed by atoms with van der Waals surface area (Å²) in [6, 6.07) is 5.06. The van der Waals surface area contributed by atoms with E-state index in [-0.39, 0.29) is 24.9 Å². The molecule has 106 valence electrons. The van der Waals surface area contributed by atoms with Crippen molar-refractivity contribution in [3.05, 3.63) is 18.2 Å². The van der Waals surface area contributed by atoms with Crippen LogP contribution in [0, 0.1) is 0 Å². The number of nitrogens with two attached hydrogens (primary N) is 1. The minimum atomic E-state index is -0.568. The number of nitrogen functional groups attached to an aromatic ring is 1. The summed E-state index contributed by atoms with van der Waals surface area (Å²) in [5.74, 6) is 0.338. The number of hydrogen-bond donors (Lipinski definition) is 2. The standard InChI is InChI=1S/C12H16N2O4.ClH/c1-16-10-3-2-8(6-9(10)13)14-12(15)11-7-17-4-5-18-11;/h2-3,6,11H,4-5,7,13H2,1H3,(H,14,15);1H. The lowest BCUT2D eigenvalue weighted by Gasteiger charge is -2.22. The number of methoxy groups -OCH3 is 1. The van der Waals surface area contributed by atoms with Crippen LogP contribution in [0.2, 0.25) is 0 Å². The molecule has 1 aromatic carbocycles. The number of benzene rings is 1. The summed E-state index contributed by atoms with van der Waals surface area (Å²) in [6.07, 6.45) is -0.568. The number of ether oxygens (including phenoxy) is 3. The monoisotopic (exact) mass is 288 g/mol. The molecule has 2 rings (SSSR count). The predicted octanol–water partition coefficient (Wildman–Crippen LogP) is 1.05. The zero-order valence-electron chi connectivity index (χ0n) is 10.5. The smallest absolute Gasteiger partial charge is 0.255 e. The molecule has 1 fully saturated rings. The van der Waals surface area contributed by atoms with Gasteiger partial charge in [-0.1, -0.05) is 0 Å². The van der Waals surface area contributed by atoms with E-state index in [4.69, 9.17) is 19.9 Å². The van der Waals surface area contributed by atoms with Gasteiger partial charge in [0.1, 0.15) is 5.75 Å². The van der Waals surface area contributed by atoms with Gasteiger partial charge in [0.2, 0.25) is 0 Å². The van der Waals surface area contributed by atoms with Crippen molar-refractivity contribution < 1.29 is 19.0 Å². The summed E-state index contributed by atoms with van der Waals surface area (Å²) in [5.41, 5.74) is 6.83. The van der Waals surface area contributed by atoms with E-state index in [1.54, 1.807) is 18.2 Å². The van der Waals surface area contributed by atoms with Crippen molar-refractivity contribution in [2.75, 3.05) is 38.0 Å². The van der Waals surface area contributed by atoms with Crippen molar-refractivity contribution in [3.63, 3.8) is 0 Å². The van der Waals surface area contributed by atoms with Crippen molar-refractivity contribution in [2.24, 2.45) is 0 Å². The highest BCUT2D eigenvalue weighted by Crippen LogP contribution is 2.24. The van der Waals surface area contributed by atoms with E-state index in [1.165, 1.54) is 7.11 Å². The third kappa shape index (κ3) is 3.99. The van der Waals surface area contributed by atoms with Crippen LogP contribution in [-0.4, -0.2) is 38.9 Å². The van der Waals surface area contributed by atoms with Gasteiger partial charge in [-0.3, -0.25) is 4.79 Å². The Morgan fingerprint density at radius 3 is 2.84 bits per heavy atom. The zero-order valence-corrected chi connectivity index (χ0v) is 11.4. The molecule has 1 aliphatic heterocycles. The van der Waals surface area contributed by atoms with Crippen LogP contribution in [0.25, 0.3) is 0 Å². The lowest BCUT2D eigenvalue weighted by atomic mass is 10.2. The Morgan fingerprint density at radius 1 is 1.47 bits per heavy atom. The van der Waals surface area contributed by atoms with Crippen LogP contribution in [-0.2, 0) is 14.3 Å². The highest BCUT2D eigenvalue weighted by molar-refractivity contribution is 5.94. The highest BCUT2D eigenvalue weighted by Gasteiger charge is 2.22. The molecule has 1 atom stereocenters. The molecule has 7 heteroatoms. The summed E-state index contributed by atoms with van der Waals surface area (Å²) in [7, 11) is 1.54. The largest absolute Gasteiger partial charge is 0.495 e. The second kappa shape index (κ2) is 7.18. The number of halogens is 1. The van der Waals surface area contributed by atoms with Gasteiger partial charge in [-0.05, 0) is 18.2 Å². The fourth-order valence-electron chi connectivity index (χ4n) is 1.67. The molecule has 0 saturated carbocycles. The fraction of sp³-hybridized carbons (Fsp3) is 0.417. The van der Waals surface area contributed by atoms with Crippen LogP contribution in [0.1, 0.15) is 0 Å². The SMILES string of the molecule is COc1ccc(NC(=O)C2COCCO2)cc1N.Cl. The van der Waals surface area contributed by atoms with Crippen LogP contribution < -0.4 is 15.8 Å². The molecule has 6 nitrogen and oxygen atoms in total. The highest BCUT2D eigenvalue weighted by atomic mass is 35.5. The predicted molar refractivity (Wildman–Crippen MR) is 73.8 cm³/mol. The van der Waals surface area contributed by atoms with Crippen molar-refractivity contribution in [3.8, 4) is 5.75 Å². The third-order valence-corrected chi connectivity index (χ3v) is 2.61. The van der Waals surface area contributed by atoms with Gasteiger partial charge < -0.3 is 25.3 Å². The molecule has 1 heterocycles. The zero-order chi connectivity index (χ0) is 13.0. The van der Waals surface area contributed by atoms with E-state index in [0.29, 0.717) is 30.3 Å². The Labute approximate surface area is 117 Å². The first-order chi connectivity index (χ1) is 8.70. The second-order valence-corrected chi connectivity index (χ2v) is 3.88. The average molecular weight is 289 g/mol. The van der Waals surface area contributed by atoms with Gasteiger partial charge in [-0.15, -0.1) is 12.4 Å². The molecular formula is C12H17ClN2O4. The van der Waals surface area contributed by atoms with Crippen molar-refractivity contribution in [2.45, 2.75) is 6.10 Å². The number of hydrogen-bond acceptors (Lipinski definition) is 5. The molecule has 19 heavy (non-hydrogen) atoms. The summed E-state index contributed by atoms with van der Waals surface area (Å²) in [4.78, 5) is 11.8. The first-order valence-electron chi connectivity index (χ1n) is 5.64. The Kier molecular flexibility index (Phi) is 5.88. The number of amides is 1. The van der Waals surface area contributed by atoms with Crippen molar-refractivity contribution in [1.82, 2.24) is 0 Å². The van der Waals surface area contributed by atoms with Gasteiger partial charge in [0, 0.05) is 5.69 Å². The quantitative estimate of drug-likeness (QED) is 0.813. The molecule has 1 saturated heterocycles. The van der Waals surface area contributed by atoms with Crippen LogP contribution in [0.5, 0.6) is 5.75 Å². The lowest BCUT2D eigenvalue weighted by molar-refractivity contribution is -0.142. The van der Waals surface area contributed by atoms with Crippen LogP contribution in [0.3, 0.4) is 0 Å². The number of anilines is 2. The average Bonchev–Trinajstić information content (AvgIpc) is 2.40. The van der Waals surface area contributed by atoms with Crippen LogP contribution in [0.4, 0.5) is 11.4 Å². The van der Waals surface area contributed by atoms with Crippen molar-refractivity contribution in [1.29, 1.82) is 0 Å². The number of carbonyl (C=O) groups is 1. The van der Waals surface area contributed by atoms with E-state index >= 15 is 0 Å². The molecule has 0 aliphatic carbocycles. The van der Waals surface area contributed by atoms with Crippen molar-refractivity contribution >= 4 is 29.7 Å². The summed E-state index contributed by atoms with van der Waals surface area (Å²) in [6.45, 7) is 1.24. The Balaban J connectivity index is 0.00000180. The summed E-state index contributed by atoms with van der Waals surface area (Å²) >= 11 is 0. The fourth-order valence-corrected chi connectivity index (χ4v) is 1.67. The Hall–Kier alpha value is -1.50. The summed E-state index contributed by atoms with van der Waals surface area (Å²) in [5, 5.41) is 2.72. The molecular weight excluding hydrogens is 272 g/mol. The minimum Gasteiger partial charge on any atom is -0.495 e. The first-order valence-corrected chi connectivity index (χ1v) is 5.64. The van der Waals surface area contributed by atoms with Gasteiger partial charge >= 0.3 is 0 Å². The lowest BCUT2D eigenvalue weighted by Crippen LogP contribution is -2.39. The van der Waals surface area contributed by atoms with E-state index in [9.17, 15) is 4.79 Å². The molecule has 0 bridgehead atoms. The molecule has 1 aliphatic rings.